The molecule has 0 bridgehead atoms. The SMILES string of the molecule is CO[C@H]1[C@@H](OC(C)=O)[C@H](O)O[C@@H]1COC(=O)c1ccccc1. The molecule has 1 N–H and O–H groups in total. The third kappa shape index (κ3) is 3.82. The summed E-state index contributed by atoms with van der Waals surface area (Å²) in [6.45, 7) is 1.10. The van der Waals surface area contributed by atoms with Crippen LogP contribution in [0.3, 0.4) is 0 Å². The molecule has 0 unspecified atom stereocenters. The number of hydrogen-bond donors (Lipinski definition) is 1. The molecular weight excluding hydrogens is 292 g/mol. The zero-order chi connectivity index (χ0) is 16.1. The van der Waals surface area contributed by atoms with Gasteiger partial charge in [0.15, 0.2) is 12.4 Å². The third-order valence-electron chi connectivity index (χ3n) is 3.25. The van der Waals surface area contributed by atoms with Gasteiger partial charge < -0.3 is 24.1 Å². The maximum absolute atomic E-state index is 11.9. The van der Waals surface area contributed by atoms with Crippen molar-refractivity contribution < 1.29 is 33.6 Å². The highest BCUT2D eigenvalue weighted by atomic mass is 16.7. The Morgan fingerprint density at radius 1 is 1.23 bits per heavy atom. The summed E-state index contributed by atoms with van der Waals surface area (Å²) < 4.78 is 20.6. The van der Waals surface area contributed by atoms with Crippen molar-refractivity contribution in [1.82, 2.24) is 0 Å². The minimum atomic E-state index is -1.32. The van der Waals surface area contributed by atoms with Crippen molar-refractivity contribution in [2.45, 2.75) is 31.5 Å². The van der Waals surface area contributed by atoms with Crippen LogP contribution in [0.25, 0.3) is 0 Å². The Bertz CT molecular complexity index is 516. The first-order chi connectivity index (χ1) is 10.5. The van der Waals surface area contributed by atoms with Gasteiger partial charge in [0.25, 0.3) is 0 Å². The van der Waals surface area contributed by atoms with E-state index in [1.807, 2.05) is 0 Å². The van der Waals surface area contributed by atoms with Gasteiger partial charge in [-0.25, -0.2) is 4.79 Å². The third-order valence-corrected chi connectivity index (χ3v) is 3.25. The lowest BCUT2D eigenvalue weighted by Crippen LogP contribution is -2.39. The predicted octanol–water partition coefficient (Wildman–Crippen LogP) is 0.507. The van der Waals surface area contributed by atoms with Gasteiger partial charge in [-0.2, -0.15) is 0 Å². The molecular formula is C15H18O7. The normalized spacial score (nSPS) is 27.4. The Morgan fingerprint density at radius 3 is 2.50 bits per heavy atom. The predicted molar refractivity (Wildman–Crippen MR) is 74.0 cm³/mol. The van der Waals surface area contributed by atoms with Gasteiger partial charge in [0.05, 0.1) is 5.56 Å². The Morgan fingerprint density at radius 2 is 1.91 bits per heavy atom. The summed E-state index contributed by atoms with van der Waals surface area (Å²) in [6, 6.07) is 8.49. The van der Waals surface area contributed by atoms with Crippen molar-refractivity contribution in [3.63, 3.8) is 0 Å². The zero-order valence-corrected chi connectivity index (χ0v) is 12.3. The Kier molecular flexibility index (Phi) is 5.48. The molecule has 1 fully saturated rings. The molecule has 0 aromatic heterocycles. The molecule has 0 spiro atoms. The smallest absolute Gasteiger partial charge is 0.338 e. The summed E-state index contributed by atoms with van der Waals surface area (Å²) in [7, 11) is 1.40. The molecule has 0 saturated carbocycles. The fourth-order valence-electron chi connectivity index (χ4n) is 2.26. The van der Waals surface area contributed by atoms with Crippen LogP contribution in [-0.4, -0.2) is 55.4 Å². The van der Waals surface area contributed by atoms with Gasteiger partial charge in [-0.15, -0.1) is 0 Å². The van der Waals surface area contributed by atoms with Crippen molar-refractivity contribution in [2.24, 2.45) is 0 Å². The lowest BCUT2D eigenvalue weighted by Gasteiger charge is -2.20. The number of rotatable bonds is 5. The van der Waals surface area contributed by atoms with Gasteiger partial charge in [-0.3, -0.25) is 4.79 Å². The number of benzene rings is 1. The molecule has 22 heavy (non-hydrogen) atoms. The number of aliphatic hydroxyl groups is 1. The monoisotopic (exact) mass is 310 g/mol. The van der Waals surface area contributed by atoms with Crippen LogP contribution in [0.1, 0.15) is 17.3 Å². The summed E-state index contributed by atoms with van der Waals surface area (Å²) in [5, 5.41) is 9.77. The van der Waals surface area contributed by atoms with Crippen molar-refractivity contribution in [3.05, 3.63) is 35.9 Å². The van der Waals surface area contributed by atoms with E-state index in [9.17, 15) is 14.7 Å². The van der Waals surface area contributed by atoms with Crippen molar-refractivity contribution in [3.8, 4) is 0 Å². The van der Waals surface area contributed by atoms with E-state index in [2.05, 4.69) is 0 Å². The first kappa shape index (κ1) is 16.4. The number of carbonyl (C=O) groups is 2. The van der Waals surface area contributed by atoms with Gasteiger partial charge in [-0.05, 0) is 12.1 Å². The minimum absolute atomic E-state index is 0.124. The van der Waals surface area contributed by atoms with Crippen molar-refractivity contribution in [1.29, 1.82) is 0 Å². The van der Waals surface area contributed by atoms with Crippen molar-refractivity contribution >= 4 is 11.9 Å². The van der Waals surface area contributed by atoms with E-state index in [0.717, 1.165) is 0 Å². The lowest BCUT2D eigenvalue weighted by molar-refractivity contribution is -0.171. The van der Waals surface area contributed by atoms with Gasteiger partial charge >= 0.3 is 11.9 Å². The molecule has 1 saturated heterocycles. The average Bonchev–Trinajstić information content (AvgIpc) is 2.80. The van der Waals surface area contributed by atoms with Crippen LogP contribution in [0.2, 0.25) is 0 Å². The second-order valence-electron chi connectivity index (χ2n) is 4.80. The second-order valence-corrected chi connectivity index (χ2v) is 4.80. The van der Waals surface area contributed by atoms with E-state index in [1.54, 1.807) is 30.3 Å². The first-order valence-electron chi connectivity index (χ1n) is 6.78. The summed E-state index contributed by atoms with van der Waals surface area (Å²) in [4.78, 5) is 22.9. The summed E-state index contributed by atoms with van der Waals surface area (Å²) in [5.74, 6) is -1.07. The molecule has 1 heterocycles. The number of esters is 2. The molecule has 7 heteroatoms. The lowest BCUT2D eigenvalue weighted by atomic mass is 10.1. The van der Waals surface area contributed by atoms with E-state index in [1.165, 1.54) is 14.0 Å². The summed E-state index contributed by atoms with van der Waals surface area (Å²) in [5.41, 5.74) is 0.409. The zero-order valence-electron chi connectivity index (χ0n) is 12.3. The molecule has 1 aliphatic rings. The number of ether oxygens (including phenoxy) is 4. The molecule has 0 radical (unpaired) electrons. The number of carbonyl (C=O) groups excluding carboxylic acids is 2. The molecule has 0 aliphatic carbocycles. The molecule has 1 aliphatic heterocycles. The standard InChI is InChI=1S/C15H18O7/c1-9(16)21-13-12(19-2)11(22-15(13)18)8-20-14(17)10-6-4-3-5-7-10/h3-7,11-13,15,18H,8H2,1-2H3/t11-,12-,13-,15-/m1/s1. The highest BCUT2D eigenvalue weighted by molar-refractivity contribution is 5.89. The minimum Gasteiger partial charge on any atom is -0.459 e. The topological polar surface area (TPSA) is 91.3 Å². The number of aliphatic hydroxyl groups excluding tert-OH is 1. The van der Waals surface area contributed by atoms with E-state index in [-0.39, 0.29) is 6.61 Å². The van der Waals surface area contributed by atoms with Crippen LogP contribution >= 0.6 is 0 Å². The van der Waals surface area contributed by atoms with Gasteiger partial charge in [0.2, 0.25) is 0 Å². The molecule has 1 aromatic rings. The second kappa shape index (κ2) is 7.35. The van der Waals surface area contributed by atoms with Gasteiger partial charge in [-0.1, -0.05) is 18.2 Å². The van der Waals surface area contributed by atoms with Crippen LogP contribution in [0.15, 0.2) is 30.3 Å². The molecule has 7 nitrogen and oxygen atoms in total. The molecule has 1 aromatic carbocycles. The molecule has 2 rings (SSSR count). The van der Waals surface area contributed by atoms with E-state index >= 15 is 0 Å². The van der Waals surface area contributed by atoms with E-state index < -0.39 is 36.5 Å². The summed E-state index contributed by atoms with van der Waals surface area (Å²) in [6.07, 6.45) is -3.73. The van der Waals surface area contributed by atoms with Gasteiger partial charge in [0, 0.05) is 14.0 Å². The van der Waals surface area contributed by atoms with Crippen LogP contribution in [0, 0.1) is 0 Å². The fraction of sp³-hybridized carbons (Fsp3) is 0.467. The Labute approximate surface area is 127 Å². The quantitative estimate of drug-likeness (QED) is 0.792. The highest BCUT2D eigenvalue weighted by Crippen LogP contribution is 2.25. The number of methoxy groups -OCH3 is 1. The number of hydrogen-bond acceptors (Lipinski definition) is 7. The van der Waals surface area contributed by atoms with Crippen LogP contribution in [0.4, 0.5) is 0 Å². The Hall–Kier alpha value is -1.96. The highest BCUT2D eigenvalue weighted by Gasteiger charge is 2.47. The fourth-order valence-corrected chi connectivity index (χ4v) is 2.26. The van der Waals surface area contributed by atoms with Crippen LogP contribution < -0.4 is 0 Å². The maximum atomic E-state index is 11.9. The first-order valence-corrected chi connectivity index (χ1v) is 6.78. The summed E-state index contributed by atoms with van der Waals surface area (Å²) >= 11 is 0. The average molecular weight is 310 g/mol. The van der Waals surface area contributed by atoms with E-state index in [0.29, 0.717) is 5.56 Å². The Balaban J connectivity index is 1.95. The van der Waals surface area contributed by atoms with Crippen LogP contribution in [0.5, 0.6) is 0 Å². The molecule has 0 amide bonds. The van der Waals surface area contributed by atoms with Crippen LogP contribution in [-0.2, 0) is 23.7 Å². The molecule has 120 valence electrons. The van der Waals surface area contributed by atoms with Crippen molar-refractivity contribution in [2.75, 3.05) is 13.7 Å². The largest absolute Gasteiger partial charge is 0.459 e. The maximum Gasteiger partial charge on any atom is 0.338 e. The molecule has 4 atom stereocenters. The van der Waals surface area contributed by atoms with E-state index in [4.69, 9.17) is 18.9 Å². The van der Waals surface area contributed by atoms with Gasteiger partial charge in [0.1, 0.15) is 18.8 Å².